The number of rotatable bonds is 6. The van der Waals surface area contributed by atoms with Gasteiger partial charge in [-0.1, -0.05) is 12.1 Å². The molecule has 0 radical (unpaired) electrons. The van der Waals surface area contributed by atoms with Gasteiger partial charge in [0.1, 0.15) is 5.75 Å². The summed E-state index contributed by atoms with van der Waals surface area (Å²) in [6, 6.07) is 14.8. The van der Waals surface area contributed by atoms with Gasteiger partial charge >= 0.3 is 5.97 Å². The van der Waals surface area contributed by atoms with Crippen molar-refractivity contribution in [2.24, 2.45) is 5.10 Å². The number of hydrogen-bond donors (Lipinski definition) is 1. The van der Waals surface area contributed by atoms with Gasteiger partial charge in [0.2, 0.25) is 0 Å². The molecule has 0 saturated carbocycles. The predicted molar refractivity (Wildman–Crippen MR) is 104 cm³/mol. The normalized spacial score (nSPS) is 10.5. The summed E-state index contributed by atoms with van der Waals surface area (Å²) in [7, 11) is 0. The Morgan fingerprint density at radius 2 is 1.86 bits per heavy atom. The quantitative estimate of drug-likeness (QED) is 0.227. The lowest BCUT2D eigenvalue weighted by molar-refractivity contribution is -0.384. The van der Waals surface area contributed by atoms with E-state index in [0.29, 0.717) is 11.1 Å². The number of non-ortho nitro benzene ring substituents is 1. The monoisotopic (exact) mass is 390 g/mol. The largest absolute Gasteiger partial charge is 0.423 e. The van der Waals surface area contributed by atoms with Crippen LogP contribution in [0.3, 0.4) is 0 Å². The van der Waals surface area contributed by atoms with Crippen LogP contribution in [0.5, 0.6) is 5.75 Å². The number of nitrogens with one attached hydrogen (secondary N) is 1. The van der Waals surface area contributed by atoms with Crippen LogP contribution >= 0.6 is 0 Å². The molecular weight excluding hydrogens is 376 g/mol. The van der Waals surface area contributed by atoms with Crippen molar-refractivity contribution >= 4 is 23.8 Å². The zero-order valence-corrected chi connectivity index (χ0v) is 14.9. The fourth-order valence-corrected chi connectivity index (χ4v) is 2.27. The third kappa shape index (κ3) is 5.30. The van der Waals surface area contributed by atoms with Crippen LogP contribution < -0.4 is 10.2 Å². The zero-order valence-electron chi connectivity index (χ0n) is 14.9. The van der Waals surface area contributed by atoms with Crippen molar-refractivity contribution in [3.05, 3.63) is 99.9 Å². The lowest BCUT2D eigenvalue weighted by Crippen LogP contribution is -2.17. The topological polar surface area (TPSA) is 124 Å². The van der Waals surface area contributed by atoms with E-state index in [9.17, 15) is 19.7 Å². The summed E-state index contributed by atoms with van der Waals surface area (Å²) in [5.74, 6) is -0.801. The van der Waals surface area contributed by atoms with Gasteiger partial charge in [-0.15, -0.1) is 0 Å². The molecule has 0 saturated heterocycles. The lowest BCUT2D eigenvalue weighted by Gasteiger charge is -2.05. The number of carbonyl (C=O) groups excluding carboxylic acids is 2. The van der Waals surface area contributed by atoms with E-state index in [0.717, 1.165) is 0 Å². The summed E-state index contributed by atoms with van der Waals surface area (Å²) in [5.41, 5.74) is 3.40. The zero-order chi connectivity index (χ0) is 20.6. The molecule has 9 heteroatoms. The Morgan fingerprint density at radius 3 is 2.55 bits per heavy atom. The van der Waals surface area contributed by atoms with E-state index in [1.54, 1.807) is 42.6 Å². The Morgan fingerprint density at radius 1 is 1.07 bits per heavy atom. The van der Waals surface area contributed by atoms with E-state index in [1.807, 2.05) is 0 Å². The molecule has 1 N–H and O–H groups in total. The van der Waals surface area contributed by atoms with E-state index >= 15 is 0 Å². The minimum atomic E-state index is -0.654. The Kier molecular flexibility index (Phi) is 6.01. The average Bonchev–Trinajstić information content (AvgIpc) is 2.74. The highest BCUT2D eigenvalue weighted by molar-refractivity contribution is 5.94. The Bertz CT molecular complexity index is 1070. The highest BCUT2D eigenvalue weighted by Gasteiger charge is 2.11. The molecule has 0 fully saturated rings. The Hall–Kier alpha value is -4.40. The molecule has 144 valence electrons. The highest BCUT2D eigenvalue weighted by Crippen LogP contribution is 2.16. The number of amides is 1. The molecule has 3 aromatic rings. The third-order valence-corrected chi connectivity index (χ3v) is 3.69. The molecule has 0 spiro atoms. The van der Waals surface area contributed by atoms with Crippen molar-refractivity contribution in [2.75, 3.05) is 0 Å². The first-order chi connectivity index (χ1) is 14.0. The maximum atomic E-state index is 12.2. The summed E-state index contributed by atoms with van der Waals surface area (Å²) in [6.07, 6.45) is 4.38. The SMILES string of the molecule is O=C(NN=Cc1cccc(OC(=O)c2ccc([N+](=O)[O-])cc2)c1)c1cccnc1. The van der Waals surface area contributed by atoms with Crippen LogP contribution in [0.15, 0.2) is 78.2 Å². The molecule has 1 heterocycles. The summed E-state index contributed by atoms with van der Waals surface area (Å²) in [5, 5.41) is 14.5. The van der Waals surface area contributed by atoms with Crippen LogP contribution in [-0.4, -0.2) is 28.0 Å². The summed E-state index contributed by atoms with van der Waals surface area (Å²) >= 11 is 0. The predicted octanol–water partition coefficient (Wildman–Crippen LogP) is 2.97. The number of carbonyl (C=O) groups is 2. The van der Waals surface area contributed by atoms with Gasteiger partial charge in [-0.25, -0.2) is 10.2 Å². The second-order valence-corrected chi connectivity index (χ2v) is 5.71. The molecular formula is C20H14N4O5. The number of pyridine rings is 1. The van der Waals surface area contributed by atoms with Crippen molar-refractivity contribution in [2.45, 2.75) is 0 Å². The van der Waals surface area contributed by atoms with E-state index in [4.69, 9.17) is 4.74 Å². The first kappa shape index (κ1) is 19.4. The van der Waals surface area contributed by atoms with E-state index in [2.05, 4.69) is 15.5 Å². The molecule has 0 atom stereocenters. The minimum Gasteiger partial charge on any atom is -0.423 e. The number of benzene rings is 2. The van der Waals surface area contributed by atoms with Crippen LogP contribution in [0.2, 0.25) is 0 Å². The van der Waals surface area contributed by atoms with Gasteiger partial charge < -0.3 is 4.74 Å². The van der Waals surface area contributed by atoms with E-state index in [-0.39, 0.29) is 17.0 Å². The van der Waals surface area contributed by atoms with Crippen LogP contribution in [0.25, 0.3) is 0 Å². The fraction of sp³-hybridized carbons (Fsp3) is 0. The van der Waals surface area contributed by atoms with Crippen molar-refractivity contribution in [1.82, 2.24) is 10.4 Å². The van der Waals surface area contributed by atoms with Gasteiger partial charge in [-0.2, -0.15) is 5.10 Å². The number of nitro benzene ring substituents is 1. The molecule has 0 aliphatic heterocycles. The molecule has 9 nitrogen and oxygen atoms in total. The highest BCUT2D eigenvalue weighted by atomic mass is 16.6. The second kappa shape index (κ2) is 9.00. The maximum Gasteiger partial charge on any atom is 0.343 e. The van der Waals surface area contributed by atoms with Gasteiger partial charge in [-0.05, 0) is 42.0 Å². The molecule has 1 aromatic heterocycles. The van der Waals surface area contributed by atoms with Crippen LogP contribution in [0.1, 0.15) is 26.3 Å². The third-order valence-electron chi connectivity index (χ3n) is 3.69. The average molecular weight is 390 g/mol. The number of ether oxygens (including phenoxy) is 1. The van der Waals surface area contributed by atoms with Gasteiger partial charge in [-0.3, -0.25) is 19.9 Å². The van der Waals surface area contributed by atoms with Gasteiger partial charge in [0.05, 0.1) is 22.3 Å². The van der Waals surface area contributed by atoms with E-state index in [1.165, 1.54) is 36.7 Å². The summed E-state index contributed by atoms with van der Waals surface area (Å²) in [6.45, 7) is 0. The molecule has 0 aliphatic rings. The van der Waals surface area contributed by atoms with Gasteiger partial charge in [0.25, 0.3) is 11.6 Å². The van der Waals surface area contributed by atoms with Gasteiger partial charge in [0, 0.05) is 24.5 Å². The fourth-order valence-electron chi connectivity index (χ4n) is 2.27. The van der Waals surface area contributed by atoms with Crippen LogP contribution in [0.4, 0.5) is 5.69 Å². The number of hydrazone groups is 1. The van der Waals surface area contributed by atoms with Crippen molar-refractivity contribution < 1.29 is 19.2 Å². The first-order valence-electron chi connectivity index (χ1n) is 8.33. The van der Waals surface area contributed by atoms with Gasteiger partial charge in [0.15, 0.2) is 0 Å². The maximum absolute atomic E-state index is 12.2. The van der Waals surface area contributed by atoms with Crippen LogP contribution in [-0.2, 0) is 0 Å². The van der Waals surface area contributed by atoms with Crippen LogP contribution in [0, 0.1) is 10.1 Å². The second-order valence-electron chi connectivity index (χ2n) is 5.71. The Labute approximate surface area is 164 Å². The lowest BCUT2D eigenvalue weighted by atomic mass is 10.2. The van der Waals surface area contributed by atoms with Crippen molar-refractivity contribution in [1.29, 1.82) is 0 Å². The number of nitro groups is 1. The standard InChI is InChI=1S/C20H14N4O5/c25-19(16-4-2-10-21-13-16)23-22-12-14-3-1-5-18(11-14)29-20(26)15-6-8-17(9-7-15)24(27)28/h1-13H,(H,23,25). The first-order valence-corrected chi connectivity index (χ1v) is 8.33. The molecule has 1 amide bonds. The number of hydrogen-bond acceptors (Lipinski definition) is 7. The molecule has 0 bridgehead atoms. The molecule has 0 aliphatic carbocycles. The molecule has 0 unspecified atom stereocenters. The number of nitrogens with zero attached hydrogens (tertiary/aromatic N) is 3. The molecule has 29 heavy (non-hydrogen) atoms. The summed E-state index contributed by atoms with van der Waals surface area (Å²) < 4.78 is 5.27. The number of aromatic nitrogens is 1. The van der Waals surface area contributed by atoms with Crippen molar-refractivity contribution in [3.63, 3.8) is 0 Å². The number of esters is 1. The minimum absolute atomic E-state index is 0.118. The smallest absolute Gasteiger partial charge is 0.343 e. The van der Waals surface area contributed by atoms with Crippen molar-refractivity contribution in [3.8, 4) is 5.75 Å². The van der Waals surface area contributed by atoms with E-state index < -0.39 is 16.8 Å². The Balaban J connectivity index is 1.62. The summed E-state index contributed by atoms with van der Waals surface area (Å²) in [4.78, 5) is 38.0. The molecule has 3 rings (SSSR count). The molecule has 2 aromatic carbocycles.